The van der Waals surface area contributed by atoms with Gasteiger partial charge in [-0.05, 0) is 80.6 Å². The highest BCUT2D eigenvalue weighted by Crippen LogP contribution is 2.33. The number of carbonyl (C=O) groups excluding carboxylic acids is 2. The maximum Gasteiger partial charge on any atom is 0.264 e. The number of benzene rings is 3. The molecule has 1 atom stereocenters. The molecule has 0 aliphatic carbocycles. The van der Waals surface area contributed by atoms with E-state index in [2.05, 4.69) is 5.32 Å². The van der Waals surface area contributed by atoms with Gasteiger partial charge in [0.25, 0.3) is 10.0 Å². The van der Waals surface area contributed by atoms with E-state index in [1.54, 1.807) is 68.4 Å². The van der Waals surface area contributed by atoms with E-state index in [1.807, 2.05) is 13.2 Å². The minimum absolute atomic E-state index is 0.0143. The molecule has 226 valence electrons. The molecule has 3 rings (SSSR count). The van der Waals surface area contributed by atoms with Gasteiger partial charge in [0.1, 0.15) is 18.3 Å². The fraction of sp³-hybridized carbons (Fsp3) is 0.333. The summed E-state index contributed by atoms with van der Waals surface area (Å²) >= 11 is 14.0. The summed E-state index contributed by atoms with van der Waals surface area (Å²) in [4.78, 5) is 29.4. The van der Waals surface area contributed by atoms with Crippen LogP contribution in [0.1, 0.15) is 32.8 Å². The zero-order valence-corrected chi connectivity index (χ0v) is 27.1. The molecule has 2 amide bonds. The Balaban J connectivity index is 2.09. The SMILES string of the molecule is CCCNC(=O)C(C)N(Cc1ccc(Cl)cc1Cl)C(=O)CN(c1ccccc1OCC)S(=O)(=O)c1ccc(SC)cc1. The van der Waals surface area contributed by atoms with Gasteiger partial charge in [0, 0.05) is 28.0 Å². The van der Waals surface area contributed by atoms with E-state index in [0.717, 1.165) is 9.20 Å². The van der Waals surface area contributed by atoms with Gasteiger partial charge in [-0.15, -0.1) is 11.8 Å². The predicted octanol–water partition coefficient (Wildman–Crippen LogP) is 6.25. The molecular formula is C30H35Cl2N3O5S2. The van der Waals surface area contributed by atoms with Crippen molar-refractivity contribution in [2.75, 3.05) is 30.3 Å². The maximum absolute atomic E-state index is 14.1. The number of amides is 2. The molecule has 0 bridgehead atoms. The predicted molar refractivity (Wildman–Crippen MR) is 170 cm³/mol. The Morgan fingerprint density at radius 1 is 1.02 bits per heavy atom. The Bertz CT molecular complexity index is 1490. The average molecular weight is 653 g/mol. The monoisotopic (exact) mass is 651 g/mol. The first-order valence-electron chi connectivity index (χ1n) is 13.4. The molecule has 3 aromatic carbocycles. The fourth-order valence-corrected chi connectivity index (χ4v) is 6.44. The second kappa shape index (κ2) is 15.5. The first-order valence-corrected chi connectivity index (χ1v) is 16.8. The fourth-order valence-electron chi connectivity index (χ4n) is 4.14. The summed E-state index contributed by atoms with van der Waals surface area (Å²) in [7, 11) is -4.24. The van der Waals surface area contributed by atoms with E-state index < -0.39 is 28.5 Å². The minimum atomic E-state index is -4.24. The number of anilines is 1. The number of carbonyl (C=O) groups is 2. The maximum atomic E-state index is 14.1. The first-order chi connectivity index (χ1) is 20.0. The van der Waals surface area contributed by atoms with E-state index in [1.165, 1.54) is 28.8 Å². The van der Waals surface area contributed by atoms with Crippen molar-refractivity contribution in [1.29, 1.82) is 0 Å². The molecule has 0 fully saturated rings. The van der Waals surface area contributed by atoms with Crippen molar-refractivity contribution < 1.29 is 22.7 Å². The van der Waals surface area contributed by atoms with Crippen molar-refractivity contribution in [2.45, 2.75) is 49.6 Å². The quantitative estimate of drug-likeness (QED) is 0.207. The molecule has 0 saturated carbocycles. The molecule has 0 aliphatic rings. The van der Waals surface area contributed by atoms with Crippen molar-refractivity contribution in [3.63, 3.8) is 0 Å². The van der Waals surface area contributed by atoms with Crippen LogP contribution in [0.2, 0.25) is 10.0 Å². The molecule has 3 aromatic rings. The second-order valence-electron chi connectivity index (χ2n) is 9.31. The van der Waals surface area contributed by atoms with Crippen LogP contribution in [0.25, 0.3) is 0 Å². The van der Waals surface area contributed by atoms with Crippen LogP contribution in [0.15, 0.2) is 76.5 Å². The van der Waals surface area contributed by atoms with Crippen LogP contribution >= 0.6 is 35.0 Å². The average Bonchev–Trinajstić information content (AvgIpc) is 2.98. The molecule has 0 heterocycles. The van der Waals surface area contributed by atoms with E-state index >= 15 is 0 Å². The Morgan fingerprint density at radius 2 is 1.71 bits per heavy atom. The molecule has 12 heteroatoms. The lowest BCUT2D eigenvalue weighted by Crippen LogP contribution is -2.51. The van der Waals surface area contributed by atoms with Crippen LogP contribution in [0.5, 0.6) is 5.75 Å². The van der Waals surface area contributed by atoms with Gasteiger partial charge >= 0.3 is 0 Å². The smallest absolute Gasteiger partial charge is 0.264 e. The van der Waals surface area contributed by atoms with Gasteiger partial charge in [-0.3, -0.25) is 13.9 Å². The van der Waals surface area contributed by atoms with Crippen LogP contribution in [0, 0.1) is 0 Å². The van der Waals surface area contributed by atoms with Gasteiger partial charge < -0.3 is 15.0 Å². The summed E-state index contributed by atoms with van der Waals surface area (Å²) in [6.45, 7) is 5.40. The summed E-state index contributed by atoms with van der Waals surface area (Å²) < 4.78 is 35.0. The standard InChI is InChI=1S/C30H35Cl2N3O5S2/c1-5-17-33-30(37)21(3)34(19-22-11-12-23(31)18-26(22)32)29(36)20-35(27-9-7-8-10-28(27)40-6-2)42(38,39)25-15-13-24(41-4)14-16-25/h7-16,18,21H,5-6,17,19-20H2,1-4H3,(H,33,37). The molecule has 0 saturated heterocycles. The Hall–Kier alpha value is -2.92. The number of hydrogen-bond donors (Lipinski definition) is 1. The highest BCUT2D eigenvalue weighted by atomic mass is 35.5. The molecule has 8 nitrogen and oxygen atoms in total. The summed E-state index contributed by atoms with van der Waals surface area (Å²) in [6, 6.07) is 17.0. The van der Waals surface area contributed by atoms with Crippen LogP contribution in [-0.2, 0) is 26.2 Å². The van der Waals surface area contributed by atoms with Gasteiger partial charge in [-0.1, -0.05) is 48.3 Å². The number of halogens is 2. The number of rotatable bonds is 14. The number of para-hydroxylation sites is 2. The molecule has 42 heavy (non-hydrogen) atoms. The van der Waals surface area contributed by atoms with Gasteiger partial charge in [-0.2, -0.15) is 0 Å². The number of hydrogen-bond acceptors (Lipinski definition) is 6. The van der Waals surface area contributed by atoms with E-state index in [4.69, 9.17) is 27.9 Å². The van der Waals surface area contributed by atoms with Crippen LogP contribution in [-0.4, -0.2) is 57.1 Å². The third-order valence-corrected chi connectivity index (χ3v) is 9.54. The van der Waals surface area contributed by atoms with E-state index in [-0.39, 0.29) is 29.6 Å². The normalized spacial score (nSPS) is 12.0. The van der Waals surface area contributed by atoms with Crippen molar-refractivity contribution in [2.24, 2.45) is 0 Å². The Labute approximate surface area is 262 Å². The van der Waals surface area contributed by atoms with E-state index in [9.17, 15) is 18.0 Å². The molecule has 1 unspecified atom stereocenters. The molecule has 0 spiro atoms. The summed E-state index contributed by atoms with van der Waals surface area (Å²) in [5, 5.41) is 3.56. The van der Waals surface area contributed by atoms with Crippen molar-refractivity contribution in [3.8, 4) is 5.75 Å². The summed E-state index contributed by atoms with van der Waals surface area (Å²) in [5.74, 6) is -0.666. The second-order valence-corrected chi connectivity index (χ2v) is 12.9. The lowest BCUT2D eigenvalue weighted by molar-refractivity contribution is -0.139. The zero-order chi connectivity index (χ0) is 30.9. The molecular weight excluding hydrogens is 617 g/mol. The number of sulfonamides is 1. The van der Waals surface area contributed by atoms with Crippen molar-refractivity contribution >= 4 is 62.5 Å². The summed E-state index contributed by atoms with van der Waals surface area (Å²) in [5.41, 5.74) is 0.760. The van der Waals surface area contributed by atoms with Gasteiger partial charge in [-0.25, -0.2) is 8.42 Å². The minimum Gasteiger partial charge on any atom is -0.492 e. The number of nitrogens with one attached hydrogen (secondary N) is 1. The lowest BCUT2D eigenvalue weighted by atomic mass is 10.1. The molecule has 1 N–H and O–H groups in total. The first kappa shape index (κ1) is 33.6. The number of thioether (sulfide) groups is 1. The summed E-state index contributed by atoms with van der Waals surface area (Å²) in [6.07, 6.45) is 2.61. The van der Waals surface area contributed by atoms with E-state index in [0.29, 0.717) is 34.3 Å². The van der Waals surface area contributed by atoms with Gasteiger partial charge in [0.15, 0.2) is 0 Å². The largest absolute Gasteiger partial charge is 0.492 e. The Kier molecular flexibility index (Phi) is 12.4. The Morgan fingerprint density at radius 3 is 2.33 bits per heavy atom. The van der Waals surface area contributed by atoms with Crippen molar-refractivity contribution in [3.05, 3.63) is 82.3 Å². The third-order valence-electron chi connectivity index (χ3n) is 6.43. The van der Waals surface area contributed by atoms with Crippen LogP contribution in [0.3, 0.4) is 0 Å². The van der Waals surface area contributed by atoms with Crippen LogP contribution in [0.4, 0.5) is 5.69 Å². The zero-order valence-electron chi connectivity index (χ0n) is 24.0. The van der Waals surface area contributed by atoms with Gasteiger partial charge in [0.2, 0.25) is 11.8 Å². The van der Waals surface area contributed by atoms with Crippen LogP contribution < -0.4 is 14.4 Å². The lowest BCUT2D eigenvalue weighted by Gasteiger charge is -2.32. The highest BCUT2D eigenvalue weighted by molar-refractivity contribution is 7.98. The molecule has 0 aliphatic heterocycles. The third kappa shape index (κ3) is 8.34. The number of ether oxygens (including phenoxy) is 1. The number of nitrogens with zero attached hydrogens (tertiary/aromatic N) is 2. The highest BCUT2D eigenvalue weighted by Gasteiger charge is 2.34. The topological polar surface area (TPSA) is 96.0 Å². The van der Waals surface area contributed by atoms with Gasteiger partial charge in [0.05, 0.1) is 17.2 Å². The molecule has 0 radical (unpaired) electrons. The molecule has 0 aromatic heterocycles. The van der Waals surface area contributed by atoms with Crippen molar-refractivity contribution in [1.82, 2.24) is 10.2 Å².